The van der Waals surface area contributed by atoms with E-state index >= 15 is 0 Å². The molecule has 1 aromatic heterocycles. The van der Waals surface area contributed by atoms with Crippen LogP contribution in [-0.2, 0) is 10.2 Å². The first-order valence-electron chi connectivity index (χ1n) is 5.50. The van der Waals surface area contributed by atoms with Crippen molar-refractivity contribution in [3.63, 3.8) is 0 Å². The summed E-state index contributed by atoms with van der Waals surface area (Å²) in [5.74, 6) is -0.111. The maximum Gasteiger partial charge on any atom is 0.243 e. The minimum atomic E-state index is -0.111. The number of amides is 1. The lowest BCUT2D eigenvalue weighted by molar-refractivity contribution is -0.116. The summed E-state index contributed by atoms with van der Waals surface area (Å²) in [6.45, 7) is 6.17. The molecule has 0 unspecified atom stereocenters. The van der Waals surface area contributed by atoms with Crippen LogP contribution in [-0.4, -0.2) is 17.4 Å². The molecule has 84 valence electrons. The van der Waals surface area contributed by atoms with E-state index in [9.17, 15) is 4.79 Å². The molecule has 1 heterocycles. The first-order valence-corrected chi connectivity index (χ1v) is 5.50. The molecule has 1 saturated carbocycles. The van der Waals surface area contributed by atoms with E-state index in [0.717, 1.165) is 18.5 Å². The van der Waals surface area contributed by atoms with Crippen molar-refractivity contribution < 1.29 is 4.79 Å². The Labute approximate surface area is 95.6 Å². The lowest BCUT2D eigenvalue weighted by Gasteiger charge is -2.16. The van der Waals surface area contributed by atoms with Gasteiger partial charge in [-0.2, -0.15) is 0 Å². The Balaban J connectivity index is 2.11. The number of carbonyl (C=O) groups is 1. The van der Waals surface area contributed by atoms with Gasteiger partial charge in [0.1, 0.15) is 0 Å². The van der Waals surface area contributed by atoms with Crippen LogP contribution < -0.4 is 5.32 Å². The molecule has 2 rings (SSSR count). The zero-order chi connectivity index (χ0) is 11.6. The fourth-order valence-electron chi connectivity index (χ4n) is 2.02. The van der Waals surface area contributed by atoms with Crippen molar-refractivity contribution in [2.45, 2.75) is 25.2 Å². The summed E-state index contributed by atoms with van der Waals surface area (Å²) in [6.07, 6.45) is 5.32. The largest absolute Gasteiger partial charge is 0.352 e. The van der Waals surface area contributed by atoms with Crippen molar-refractivity contribution in [1.82, 2.24) is 10.3 Å². The molecule has 0 radical (unpaired) electrons. The van der Waals surface area contributed by atoms with Crippen molar-refractivity contribution in [2.75, 3.05) is 6.54 Å². The van der Waals surface area contributed by atoms with E-state index in [0.29, 0.717) is 6.54 Å². The van der Waals surface area contributed by atoms with Crippen molar-refractivity contribution in [1.29, 1.82) is 0 Å². The van der Waals surface area contributed by atoms with Gasteiger partial charge < -0.3 is 5.32 Å². The van der Waals surface area contributed by atoms with E-state index in [1.165, 1.54) is 11.6 Å². The van der Waals surface area contributed by atoms with Gasteiger partial charge in [-0.1, -0.05) is 12.6 Å². The van der Waals surface area contributed by atoms with Gasteiger partial charge in [-0.05, 0) is 37.5 Å². The highest BCUT2D eigenvalue weighted by Gasteiger charge is 2.46. The molecule has 1 amide bonds. The van der Waals surface area contributed by atoms with Crippen LogP contribution >= 0.6 is 0 Å². The Hall–Kier alpha value is -1.64. The second-order valence-electron chi connectivity index (χ2n) is 4.37. The quantitative estimate of drug-likeness (QED) is 0.779. The van der Waals surface area contributed by atoms with Crippen molar-refractivity contribution in [3.05, 3.63) is 42.2 Å². The standard InChI is InChI=1S/C13H16N2O/c1-3-11(16)15-9-13(6-7-13)12-10(2)5-4-8-14-12/h3-5,8H,1,6-7,9H2,2H3,(H,15,16). The summed E-state index contributed by atoms with van der Waals surface area (Å²) in [5.41, 5.74) is 2.40. The molecule has 3 heteroatoms. The van der Waals surface area contributed by atoms with Crippen LogP contribution in [0.2, 0.25) is 0 Å². The molecule has 1 aromatic rings. The number of hydrogen-bond donors (Lipinski definition) is 1. The lowest BCUT2D eigenvalue weighted by atomic mass is 9.97. The number of aryl methyl sites for hydroxylation is 1. The Morgan fingerprint density at radius 2 is 2.44 bits per heavy atom. The van der Waals surface area contributed by atoms with E-state index in [2.05, 4.69) is 29.9 Å². The fraction of sp³-hybridized carbons (Fsp3) is 0.385. The maximum absolute atomic E-state index is 11.2. The van der Waals surface area contributed by atoms with Gasteiger partial charge in [0.2, 0.25) is 5.91 Å². The number of carbonyl (C=O) groups excluding carboxylic acids is 1. The van der Waals surface area contributed by atoms with Gasteiger partial charge in [-0.15, -0.1) is 0 Å². The molecule has 3 nitrogen and oxygen atoms in total. The predicted molar refractivity (Wildman–Crippen MR) is 63.1 cm³/mol. The number of nitrogens with zero attached hydrogens (tertiary/aromatic N) is 1. The van der Waals surface area contributed by atoms with E-state index in [1.54, 1.807) is 0 Å². The molecular weight excluding hydrogens is 200 g/mol. The Kier molecular flexibility index (Phi) is 2.77. The van der Waals surface area contributed by atoms with Crippen LogP contribution in [0.5, 0.6) is 0 Å². The van der Waals surface area contributed by atoms with Crippen molar-refractivity contribution in [2.24, 2.45) is 0 Å². The molecule has 0 bridgehead atoms. The summed E-state index contributed by atoms with van der Waals surface area (Å²) in [6, 6.07) is 4.01. The van der Waals surface area contributed by atoms with E-state index in [1.807, 2.05) is 12.3 Å². The minimum Gasteiger partial charge on any atom is -0.352 e. The first kappa shape index (κ1) is 10.9. The van der Waals surface area contributed by atoms with E-state index < -0.39 is 0 Å². The maximum atomic E-state index is 11.2. The summed E-state index contributed by atoms with van der Waals surface area (Å²) >= 11 is 0. The molecule has 1 fully saturated rings. The van der Waals surface area contributed by atoms with Crippen molar-refractivity contribution >= 4 is 5.91 Å². The van der Waals surface area contributed by atoms with Crippen LogP contribution in [0.25, 0.3) is 0 Å². The highest BCUT2D eigenvalue weighted by molar-refractivity contribution is 5.86. The van der Waals surface area contributed by atoms with Gasteiger partial charge in [-0.25, -0.2) is 0 Å². The summed E-state index contributed by atoms with van der Waals surface area (Å²) in [4.78, 5) is 15.6. The average Bonchev–Trinajstić information content (AvgIpc) is 3.07. The molecule has 1 N–H and O–H groups in total. The number of rotatable bonds is 4. The molecule has 0 saturated heterocycles. The number of aromatic nitrogens is 1. The summed E-state index contributed by atoms with van der Waals surface area (Å²) in [7, 11) is 0. The second kappa shape index (κ2) is 4.08. The third kappa shape index (κ3) is 1.98. The summed E-state index contributed by atoms with van der Waals surface area (Å²) < 4.78 is 0. The lowest BCUT2D eigenvalue weighted by Crippen LogP contribution is -2.31. The SMILES string of the molecule is C=CC(=O)NCC1(c2ncccc2C)CC1. The van der Waals surface area contributed by atoms with Gasteiger partial charge in [-0.3, -0.25) is 9.78 Å². The van der Waals surface area contributed by atoms with Gasteiger partial charge in [0.15, 0.2) is 0 Å². The topological polar surface area (TPSA) is 42.0 Å². The van der Waals surface area contributed by atoms with Crippen molar-refractivity contribution in [3.8, 4) is 0 Å². The molecule has 0 spiro atoms. The molecule has 1 aliphatic carbocycles. The molecule has 0 aromatic carbocycles. The third-order valence-corrected chi connectivity index (χ3v) is 3.15. The zero-order valence-corrected chi connectivity index (χ0v) is 9.49. The Morgan fingerprint density at radius 1 is 1.69 bits per heavy atom. The Morgan fingerprint density at radius 3 is 3.00 bits per heavy atom. The third-order valence-electron chi connectivity index (χ3n) is 3.15. The predicted octanol–water partition coefficient (Wildman–Crippen LogP) is 1.72. The number of pyridine rings is 1. The van der Waals surface area contributed by atoms with Gasteiger partial charge in [0.25, 0.3) is 0 Å². The Bertz CT molecular complexity index is 422. The normalized spacial score (nSPS) is 16.6. The molecule has 16 heavy (non-hydrogen) atoms. The highest BCUT2D eigenvalue weighted by atomic mass is 16.1. The van der Waals surface area contributed by atoms with Gasteiger partial charge in [0.05, 0.1) is 5.69 Å². The first-order chi connectivity index (χ1) is 7.68. The monoisotopic (exact) mass is 216 g/mol. The van der Waals surface area contributed by atoms with Crippen LogP contribution in [0, 0.1) is 6.92 Å². The zero-order valence-electron chi connectivity index (χ0n) is 9.49. The molecule has 0 atom stereocenters. The average molecular weight is 216 g/mol. The molecular formula is C13H16N2O. The molecule has 0 aliphatic heterocycles. The van der Waals surface area contributed by atoms with Crippen LogP contribution in [0.1, 0.15) is 24.1 Å². The van der Waals surface area contributed by atoms with E-state index in [-0.39, 0.29) is 11.3 Å². The molecule has 1 aliphatic rings. The van der Waals surface area contributed by atoms with Gasteiger partial charge >= 0.3 is 0 Å². The van der Waals surface area contributed by atoms with Crippen LogP contribution in [0.3, 0.4) is 0 Å². The second-order valence-corrected chi connectivity index (χ2v) is 4.37. The number of hydrogen-bond acceptors (Lipinski definition) is 2. The van der Waals surface area contributed by atoms with Crippen LogP contribution in [0.15, 0.2) is 31.0 Å². The smallest absolute Gasteiger partial charge is 0.243 e. The van der Waals surface area contributed by atoms with Crippen LogP contribution in [0.4, 0.5) is 0 Å². The summed E-state index contributed by atoms with van der Waals surface area (Å²) in [5, 5.41) is 2.86. The highest BCUT2D eigenvalue weighted by Crippen LogP contribution is 2.47. The fourth-order valence-corrected chi connectivity index (χ4v) is 2.02. The minimum absolute atomic E-state index is 0.0734. The van der Waals surface area contributed by atoms with Gasteiger partial charge in [0, 0.05) is 18.2 Å². The number of nitrogens with one attached hydrogen (secondary N) is 1. The van der Waals surface area contributed by atoms with E-state index in [4.69, 9.17) is 0 Å².